The first-order valence-electron chi connectivity index (χ1n) is 17.2. The molecule has 0 spiro atoms. The highest BCUT2D eigenvalue weighted by Crippen LogP contribution is 2.33. The van der Waals surface area contributed by atoms with Crippen molar-refractivity contribution in [3.05, 3.63) is 103 Å². The minimum absolute atomic E-state index is 0.455. The molecule has 1 aliphatic rings. The van der Waals surface area contributed by atoms with Gasteiger partial charge in [-0.2, -0.15) is 0 Å². The second-order valence-electron chi connectivity index (χ2n) is 12.6. The van der Waals surface area contributed by atoms with E-state index in [1.54, 1.807) is 0 Å². The average molecular weight is 565 g/mol. The van der Waals surface area contributed by atoms with Gasteiger partial charge in [0.05, 0.1) is 0 Å². The highest BCUT2D eigenvalue weighted by atomic mass is 14.9. The van der Waals surface area contributed by atoms with Gasteiger partial charge in [0.15, 0.2) is 0 Å². The molecule has 3 aromatic rings. The lowest BCUT2D eigenvalue weighted by molar-refractivity contribution is 0.303. The monoisotopic (exact) mass is 564 g/mol. The summed E-state index contributed by atoms with van der Waals surface area (Å²) < 4.78 is 0. The van der Waals surface area contributed by atoms with Gasteiger partial charge >= 0.3 is 0 Å². The molecule has 0 bridgehead atoms. The molecule has 0 saturated carbocycles. The van der Waals surface area contributed by atoms with Gasteiger partial charge in [0.1, 0.15) is 0 Å². The van der Waals surface area contributed by atoms with Crippen molar-refractivity contribution >= 4 is 17.1 Å². The van der Waals surface area contributed by atoms with Gasteiger partial charge in [-0.3, -0.25) is 0 Å². The first kappa shape index (κ1) is 31.9. The number of hydrogen-bond acceptors (Lipinski definition) is 2. The second-order valence-corrected chi connectivity index (χ2v) is 12.6. The fourth-order valence-corrected chi connectivity index (χ4v) is 6.54. The van der Waals surface area contributed by atoms with Crippen molar-refractivity contribution < 1.29 is 0 Å². The zero-order chi connectivity index (χ0) is 29.1. The molecule has 0 radical (unpaired) electrons. The summed E-state index contributed by atoms with van der Waals surface area (Å²) in [5.74, 6) is 1.49. The number of para-hydroxylation sites is 2. The summed E-state index contributed by atoms with van der Waals surface area (Å²) in [6.07, 6.45) is 27.0. The Morgan fingerprint density at radius 2 is 1.14 bits per heavy atom. The minimum Gasteiger partial charge on any atom is -0.379 e. The summed E-state index contributed by atoms with van der Waals surface area (Å²) in [6.45, 7) is 2.30. The van der Waals surface area contributed by atoms with E-state index in [4.69, 9.17) is 0 Å². The molecule has 2 nitrogen and oxygen atoms in total. The van der Waals surface area contributed by atoms with Crippen LogP contribution in [0.4, 0.5) is 17.1 Å². The summed E-state index contributed by atoms with van der Waals surface area (Å²) in [5.41, 5.74) is 4.99. The zero-order valence-electron chi connectivity index (χ0n) is 26.3. The van der Waals surface area contributed by atoms with Crippen LogP contribution in [0.3, 0.4) is 0 Å². The normalized spacial score (nSPS) is 17.2. The number of nitrogens with one attached hydrogen (secondary N) is 2. The van der Waals surface area contributed by atoms with Crippen molar-refractivity contribution in [3.8, 4) is 0 Å². The summed E-state index contributed by atoms with van der Waals surface area (Å²) in [7, 11) is 0. The topological polar surface area (TPSA) is 24.1 Å². The maximum absolute atomic E-state index is 3.72. The molecule has 0 aromatic heterocycles. The lowest BCUT2D eigenvalue weighted by Gasteiger charge is -2.30. The lowest BCUT2D eigenvalue weighted by atomic mass is 9.77. The Kier molecular flexibility index (Phi) is 14.6. The SMILES string of the molecule is CCCCCCCCCCCCCC(CCc1ccc(Nc2ccccc2)cc1)C1C=CC(Nc2ccccc2)CC1. The number of benzene rings is 3. The Bertz CT molecular complexity index is 1110. The van der Waals surface area contributed by atoms with Crippen molar-refractivity contribution in [2.24, 2.45) is 11.8 Å². The molecule has 3 unspecified atom stereocenters. The van der Waals surface area contributed by atoms with Crippen LogP contribution in [0.15, 0.2) is 97.1 Å². The number of unbranched alkanes of at least 4 members (excludes halogenated alkanes) is 10. The minimum atomic E-state index is 0.455. The van der Waals surface area contributed by atoms with Crippen LogP contribution in [0.2, 0.25) is 0 Å². The first-order valence-corrected chi connectivity index (χ1v) is 17.2. The van der Waals surface area contributed by atoms with E-state index in [0.29, 0.717) is 12.0 Å². The maximum Gasteiger partial charge on any atom is 0.0444 e. The summed E-state index contributed by atoms with van der Waals surface area (Å²) in [5, 5.41) is 7.24. The van der Waals surface area contributed by atoms with E-state index in [0.717, 1.165) is 17.3 Å². The van der Waals surface area contributed by atoms with Gasteiger partial charge in [-0.05, 0) is 85.9 Å². The van der Waals surface area contributed by atoms with Crippen molar-refractivity contribution in [1.82, 2.24) is 0 Å². The van der Waals surface area contributed by atoms with Crippen LogP contribution in [0.25, 0.3) is 0 Å². The molecule has 3 aromatic carbocycles. The average Bonchev–Trinajstić information content (AvgIpc) is 3.03. The zero-order valence-corrected chi connectivity index (χ0v) is 26.3. The number of allylic oxidation sites excluding steroid dienone is 1. The van der Waals surface area contributed by atoms with Crippen LogP contribution >= 0.6 is 0 Å². The van der Waals surface area contributed by atoms with Gasteiger partial charge in [-0.1, -0.05) is 138 Å². The van der Waals surface area contributed by atoms with Crippen LogP contribution in [0.1, 0.15) is 109 Å². The van der Waals surface area contributed by atoms with Gasteiger partial charge in [-0.15, -0.1) is 0 Å². The second kappa shape index (κ2) is 19.2. The van der Waals surface area contributed by atoms with Crippen molar-refractivity contribution in [2.75, 3.05) is 10.6 Å². The molecule has 4 rings (SSSR count). The molecule has 0 fully saturated rings. The molecule has 2 heteroatoms. The molecule has 2 N–H and O–H groups in total. The van der Waals surface area contributed by atoms with E-state index in [2.05, 4.69) is 115 Å². The molecule has 42 heavy (non-hydrogen) atoms. The van der Waals surface area contributed by atoms with Crippen molar-refractivity contribution in [2.45, 2.75) is 116 Å². The van der Waals surface area contributed by atoms with E-state index >= 15 is 0 Å². The van der Waals surface area contributed by atoms with Gasteiger partial charge in [0.2, 0.25) is 0 Å². The first-order chi connectivity index (χ1) is 20.8. The van der Waals surface area contributed by atoms with E-state index in [9.17, 15) is 0 Å². The quantitative estimate of drug-likeness (QED) is 0.105. The fraction of sp³-hybridized carbons (Fsp3) is 0.500. The largest absolute Gasteiger partial charge is 0.379 e. The Labute approximate surface area is 257 Å². The molecule has 0 aliphatic heterocycles. The standard InChI is InChI=1S/C40H56N2/c1-2-3-4-5-6-7-8-9-10-11-14-19-35(36-28-32-40(33-29-36)42-38-22-17-13-18-23-38)27-24-34-25-30-39(31-26-34)41-37-20-15-12-16-21-37/h12-13,15-18,20-23,25-26,28,30-32,35-36,40-42H,2-11,14,19,24,27,29,33H2,1H3. The van der Waals surface area contributed by atoms with Gasteiger partial charge < -0.3 is 10.6 Å². The Morgan fingerprint density at radius 3 is 1.74 bits per heavy atom. The van der Waals surface area contributed by atoms with Crippen LogP contribution in [-0.4, -0.2) is 6.04 Å². The number of rotatable bonds is 20. The third kappa shape index (κ3) is 12.1. The molecule has 0 saturated heterocycles. The maximum atomic E-state index is 3.72. The molecule has 3 atom stereocenters. The van der Waals surface area contributed by atoms with E-state index < -0.39 is 0 Å². The number of aryl methyl sites for hydroxylation is 1. The summed E-state index contributed by atoms with van der Waals surface area (Å²) in [6, 6.07) is 30.7. The highest BCUT2D eigenvalue weighted by molar-refractivity contribution is 5.59. The number of hydrogen-bond donors (Lipinski definition) is 2. The summed E-state index contributed by atoms with van der Waals surface area (Å²) in [4.78, 5) is 0. The van der Waals surface area contributed by atoms with Crippen LogP contribution in [0, 0.1) is 11.8 Å². The Balaban J connectivity index is 1.23. The molecule has 226 valence electrons. The van der Waals surface area contributed by atoms with Crippen LogP contribution < -0.4 is 10.6 Å². The van der Waals surface area contributed by atoms with Crippen LogP contribution in [0.5, 0.6) is 0 Å². The highest BCUT2D eigenvalue weighted by Gasteiger charge is 2.23. The third-order valence-electron chi connectivity index (χ3n) is 9.13. The fourth-order valence-electron chi connectivity index (χ4n) is 6.54. The predicted molar refractivity (Wildman–Crippen MR) is 185 cm³/mol. The van der Waals surface area contributed by atoms with Crippen LogP contribution in [-0.2, 0) is 6.42 Å². The van der Waals surface area contributed by atoms with E-state index in [1.165, 1.54) is 114 Å². The molecule has 1 aliphatic carbocycles. The summed E-state index contributed by atoms with van der Waals surface area (Å²) >= 11 is 0. The Hall–Kier alpha value is -3.00. The predicted octanol–water partition coefficient (Wildman–Crippen LogP) is 12.1. The van der Waals surface area contributed by atoms with Gasteiger partial charge in [0, 0.05) is 23.1 Å². The Morgan fingerprint density at radius 1 is 0.571 bits per heavy atom. The molecule has 0 amide bonds. The van der Waals surface area contributed by atoms with Gasteiger partial charge in [0.25, 0.3) is 0 Å². The van der Waals surface area contributed by atoms with Crippen molar-refractivity contribution in [1.29, 1.82) is 0 Å². The molecular weight excluding hydrogens is 508 g/mol. The smallest absolute Gasteiger partial charge is 0.0444 e. The van der Waals surface area contributed by atoms with E-state index in [-0.39, 0.29) is 0 Å². The van der Waals surface area contributed by atoms with E-state index in [1.807, 2.05) is 0 Å². The number of anilines is 3. The molecule has 0 heterocycles. The van der Waals surface area contributed by atoms with Gasteiger partial charge in [-0.25, -0.2) is 0 Å². The molecular formula is C40H56N2. The third-order valence-corrected chi connectivity index (χ3v) is 9.13. The van der Waals surface area contributed by atoms with Crippen molar-refractivity contribution in [3.63, 3.8) is 0 Å². The lowest BCUT2D eigenvalue weighted by Crippen LogP contribution is -2.25.